The number of imidazole rings is 1. The molecule has 10 rings (SSSR count). The fourth-order valence-corrected chi connectivity index (χ4v) is 10.9. The minimum Gasteiger partial charge on any atom is -0.510 e. The van der Waals surface area contributed by atoms with E-state index in [-0.39, 0.29) is 56.2 Å². The van der Waals surface area contributed by atoms with Gasteiger partial charge in [0, 0.05) is 44.3 Å². The van der Waals surface area contributed by atoms with E-state index < -0.39 is 14.1 Å². The summed E-state index contributed by atoms with van der Waals surface area (Å²) in [7, 11) is -2.54. The summed E-state index contributed by atoms with van der Waals surface area (Å²) in [5.41, 5.74) is 6.64. The van der Waals surface area contributed by atoms with Crippen LogP contribution in [-0.2, 0) is 26.5 Å². The normalized spacial score (nSPS) is 13.0. The van der Waals surface area contributed by atoms with Crippen molar-refractivity contribution in [3.05, 3.63) is 200 Å². The Bertz CT molecular complexity index is 3480. The number of nitrogens with zero attached hydrogens (tertiary/aromatic N) is 4. The van der Waals surface area contributed by atoms with Crippen LogP contribution in [0.25, 0.3) is 61.2 Å². The fourth-order valence-electron chi connectivity index (χ4n) is 8.21. The molecular weight excluding hydrogens is 944 g/mol. The van der Waals surface area contributed by atoms with Gasteiger partial charge in [-0.05, 0) is 56.6 Å². The Balaban J connectivity index is 0.00000548. The quantitative estimate of drug-likeness (QED) is 0.0864. The van der Waals surface area contributed by atoms with Gasteiger partial charge in [0.2, 0.25) is 0 Å². The molecule has 0 radical (unpaired) electrons. The average Bonchev–Trinajstić information content (AvgIpc) is 3.86. The average molecular weight is 993 g/mol. The second-order valence-electron chi connectivity index (χ2n) is 16.5. The topological polar surface area (TPSA) is 35.9 Å². The van der Waals surface area contributed by atoms with Crippen LogP contribution in [0.4, 0.5) is 0 Å². The third-order valence-corrected chi connectivity index (χ3v) is 14.9. The van der Waals surface area contributed by atoms with Crippen LogP contribution in [0.15, 0.2) is 176 Å². The first-order valence-corrected chi connectivity index (χ1v) is 23.1. The molecule has 0 fully saturated rings. The molecule has 7 aromatic carbocycles. The molecule has 0 unspecified atom stereocenters. The summed E-state index contributed by atoms with van der Waals surface area (Å²) >= 11 is 0. The molecule has 3 aromatic heterocycles. The van der Waals surface area contributed by atoms with Crippen LogP contribution in [0.5, 0.6) is 11.5 Å². The molecule has 61 heavy (non-hydrogen) atoms. The zero-order valence-corrected chi connectivity index (χ0v) is 37.6. The second kappa shape index (κ2) is 15.9. The van der Waals surface area contributed by atoms with Crippen LogP contribution >= 0.6 is 0 Å². The van der Waals surface area contributed by atoms with Gasteiger partial charge in [-0.25, -0.2) is 4.98 Å². The van der Waals surface area contributed by atoms with E-state index in [1.54, 1.807) is 0 Å². The molecule has 0 saturated carbocycles. The zero-order valence-electron chi connectivity index (χ0n) is 39.4. The van der Waals surface area contributed by atoms with Crippen molar-refractivity contribution in [3.8, 4) is 39.8 Å². The first-order valence-electron chi connectivity index (χ1n) is 22.6. The van der Waals surface area contributed by atoms with Crippen LogP contribution in [-0.4, -0.2) is 22.2 Å². The van der Waals surface area contributed by atoms with Gasteiger partial charge in [0.15, 0.2) is 0 Å². The van der Waals surface area contributed by atoms with Crippen molar-refractivity contribution in [2.24, 2.45) is 0 Å². The van der Waals surface area contributed by atoms with Gasteiger partial charge in [0.05, 0.1) is 23.6 Å². The summed E-state index contributed by atoms with van der Waals surface area (Å²) in [5.74, 6) is 1.80. The molecule has 5 nitrogen and oxygen atoms in total. The van der Waals surface area contributed by atoms with E-state index in [4.69, 9.17) is 16.6 Å². The van der Waals surface area contributed by atoms with Gasteiger partial charge in [-0.3, -0.25) is 4.57 Å². The first-order chi connectivity index (χ1) is 31.2. The third kappa shape index (κ3) is 7.24. The van der Waals surface area contributed by atoms with Crippen molar-refractivity contribution in [3.63, 3.8) is 0 Å². The minimum absolute atomic E-state index is 0. The third-order valence-electron chi connectivity index (χ3n) is 11.4. The molecule has 0 atom stereocenters. The van der Waals surface area contributed by atoms with Gasteiger partial charge in [0.1, 0.15) is 13.9 Å². The number of pyridine rings is 1. The van der Waals surface area contributed by atoms with E-state index in [1.807, 2.05) is 106 Å². The molecule has 0 spiro atoms. The van der Waals surface area contributed by atoms with Crippen LogP contribution in [0.3, 0.4) is 0 Å². The molecule has 3 heterocycles. The molecule has 302 valence electrons. The first kappa shape index (κ1) is 34.4. The Morgan fingerprint density at radius 2 is 1.43 bits per heavy atom. The Morgan fingerprint density at radius 3 is 2.23 bits per heavy atom. The van der Waals surface area contributed by atoms with E-state index in [0.29, 0.717) is 28.4 Å². The number of hydrogen-bond acceptors (Lipinski definition) is 2. The predicted molar refractivity (Wildman–Crippen MR) is 247 cm³/mol. The molecule has 0 aliphatic carbocycles. The second-order valence-corrected chi connectivity index (χ2v) is 20.9. The summed E-state index contributed by atoms with van der Waals surface area (Å²) in [5, 5.41) is 4.33. The van der Waals surface area contributed by atoms with Crippen molar-refractivity contribution >= 4 is 51.3 Å². The largest absolute Gasteiger partial charge is 0.510 e. The number of ether oxygens (including phenoxy) is 1. The van der Waals surface area contributed by atoms with E-state index in [2.05, 4.69) is 105 Å². The van der Waals surface area contributed by atoms with Gasteiger partial charge in [0.25, 0.3) is 6.33 Å². The van der Waals surface area contributed by atoms with Crippen molar-refractivity contribution in [1.82, 2.24) is 14.1 Å². The standard InChI is InChI=1S/C54H44N4OSi.Pt/c1-54(2,3)39-32-33-55-52(34-39)58-47-26-13-12-24-45(47)46-31-30-42(36-50(46)58)59-41-21-16-20-40(35-41)56-37-57(49-28-15-14-27-48(49)56)53-44(38-18-8-6-9-19-38)25-17-29-51(53)60(4,5)43-22-10-7-11-23-43;/h6-34H,1-5H3;/q-2;/i6D,8D,9D,18D,19D;. The SMILES string of the molecule is [2H]c1c([2H])c([2H])c(-c2cccc([Si](C)(C)c3ccccc3)c2-[n+]2[c-]n(-c3[c-]c(Oc4[c-]c5c(cc4)c4ccccc4n5-c4cc(C(C)(C)C)ccn4)ccc3)c3ccccc32)c([2H])c1[2H].[Pt]. The summed E-state index contributed by atoms with van der Waals surface area (Å²) in [6.07, 6.45) is 5.51. The van der Waals surface area contributed by atoms with E-state index in [9.17, 15) is 0 Å². The number of benzene rings is 7. The summed E-state index contributed by atoms with van der Waals surface area (Å²) in [6.45, 7) is 11.1. The maximum Gasteiger partial charge on any atom is 0.268 e. The Kier molecular flexibility index (Phi) is 8.98. The van der Waals surface area contributed by atoms with Crippen LogP contribution in [0.2, 0.25) is 13.1 Å². The number of rotatable bonds is 8. The van der Waals surface area contributed by atoms with Crippen molar-refractivity contribution in [2.45, 2.75) is 39.3 Å². The molecular formula is C54H44N4OPtSi-2. The van der Waals surface area contributed by atoms with Crippen LogP contribution in [0, 0.1) is 18.5 Å². The smallest absolute Gasteiger partial charge is 0.268 e. The molecule has 0 aliphatic rings. The van der Waals surface area contributed by atoms with Crippen LogP contribution in [0.1, 0.15) is 33.2 Å². The monoisotopic (exact) mass is 992 g/mol. The molecule has 0 aliphatic heterocycles. The molecule has 10 aromatic rings. The van der Waals surface area contributed by atoms with E-state index >= 15 is 0 Å². The van der Waals surface area contributed by atoms with Crippen LogP contribution < -0.4 is 19.7 Å². The maximum atomic E-state index is 9.09. The van der Waals surface area contributed by atoms with Gasteiger partial charge >= 0.3 is 0 Å². The van der Waals surface area contributed by atoms with Crippen molar-refractivity contribution in [1.29, 1.82) is 0 Å². The summed E-state index contributed by atoms with van der Waals surface area (Å²) in [4.78, 5) is 4.83. The summed E-state index contributed by atoms with van der Waals surface area (Å²) < 4.78 is 56.4. The molecule has 7 heteroatoms. The maximum absolute atomic E-state index is 9.09. The number of aromatic nitrogens is 4. The fraction of sp³-hybridized carbons (Fsp3) is 0.111. The Labute approximate surface area is 379 Å². The predicted octanol–water partition coefficient (Wildman–Crippen LogP) is 11.4. The van der Waals surface area contributed by atoms with Crippen molar-refractivity contribution in [2.75, 3.05) is 0 Å². The van der Waals surface area contributed by atoms with Gasteiger partial charge in [-0.1, -0.05) is 166 Å². The molecule has 0 amide bonds. The van der Waals surface area contributed by atoms with E-state index in [0.717, 1.165) is 43.8 Å². The number of hydrogen-bond donors (Lipinski definition) is 0. The zero-order chi connectivity index (χ0) is 45.4. The molecule has 0 N–H and O–H groups in total. The number of para-hydroxylation sites is 4. The molecule has 0 bridgehead atoms. The Hall–Kier alpha value is -6.33. The van der Waals surface area contributed by atoms with Gasteiger partial charge < -0.3 is 13.9 Å². The number of fused-ring (bicyclic) bond motifs is 4. The van der Waals surface area contributed by atoms with Crippen molar-refractivity contribution < 1.29 is 37.2 Å². The Morgan fingerprint density at radius 1 is 0.705 bits per heavy atom. The summed E-state index contributed by atoms with van der Waals surface area (Å²) in [6, 6.07) is 51.8. The van der Waals surface area contributed by atoms with Gasteiger partial charge in [-0.15, -0.1) is 29.7 Å². The molecule has 0 saturated heterocycles. The van der Waals surface area contributed by atoms with Gasteiger partial charge in [-0.2, -0.15) is 18.2 Å². The minimum atomic E-state index is -2.54. The van der Waals surface area contributed by atoms with E-state index in [1.165, 1.54) is 10.8 Å².